The maximum atomic E-state index is 12.6. The number of nitrogen functional groups attached to an aromatic ring is 1. The summed E-state index contributed by atoms with van der Waals surface area (Å²) in [7, 11) is 3.91. The van der Waals surface area contributed by atoms with E-state index >= 15 is 0 Å². The Morgan fingerprint density at radius 3 is 2.33 bits per heavy atom. The molecule has 0 unspecified atom stereocenters. The molecule has 5 nitrogen and oxygen atoms in total. The number of rotatable bonds is 4. The van der Waals surface area contributed by atoms with Crippen LogP contribution in [0.25, 0.3) is 0 Å². The van der Waals surface area contributed by atoms with E-state index in [1.54, 1.807) is 19.1 Å². The monoisotopic (exact) mass is 302 g/mol. The van der Waals surface area contributed by atoms with E-state index in [1.165, 1.54) is 11.8 Å². The fraction of sp³-hybridized carbons (Fsp3) is 0.267. The third-order valence-electron chi connectivity index (χ3n) is 3.21. The molecule has 0 saturated carbocycles. The number of carbonyl (C=O) groups is 1. The largest absolute Gasteiger partial charge is 0.383 e. The van der Waals surface area contributed by atoms with Crippen molar-refractivity contribution in [1.82, 2.24) is 9.97 Å². The molecule has 2 N–H and O–H groups in total. The van der Waals surface area contributed by atoms with Gasteiger partial charge >= 0.3 is 0 Å². The molecule has 0 radical (unpaired) electrons. The van der Waals surface area contributed by atoms with Crippen LogP contribution in [0.5, 0.6) is 0 Å². The Hall–Kier alpha value is -2.08. The van der Waals surface area contributed by atoms with Gasteiger partial charge in [-0.25, -0.2) is 9.97 Å². The van der Waals surface area contributed by atoms with Crippen LogP contribution < -0.4 is 10.6 Å². The van der Waals surface area contributed by atoms with Crippen molar-refractivity contribution in [2.75, 3.05) is 31.0 Å². The van der Waals surface area contributed by atoms with E-state index in [4.69, 9.17) is 5.73 Å². The summed E-state index contributed by atoms with van der Waals surface area (Å²) in [5.41, 5.74) is 8.47. The molecular formula is C15H18N4OS. The number of ketones is 1. The van der Waals surface area contributed by atoms with Crippen LogP contribution in [-0.4, -0.2) is 36.1 Å². The van der Waals surface area contributed by atoms with Gasteiger partial charge in [-0.1, -0.05) is 11.8 Å². The second-order valence-corrected chi connectivity index (χ2v) is 5.61. The third kappa shape index (κ3) is 3.16. The number of aromatic nitrogens is 2. The molecule has 0 aliphatic heterocycles. The summed E-state index contributed by atoms with van der Waals surface area (Å²) in [6.07, 6.45) is 1.85. The molecule has 0 aliphatic rings. The lowest BCUT2D eigenvalue weighted by molar-refractivity contribution is 0.103. The quantitative estimate of drug-likeness (QED) is 0.531. The third-order valence-corrected chi connectivity index (χ3v) is 3.75. The SMILES string of the molecule is CSc1nc(N)c(C)c(C(=O)c2ccc(N(C)C)cc2)n1. The summed E-state index contributed by atoms with van der Waals surface area (Å²) in [5, 5.41) is 0.506. The van der Waals surface area contributed by atoms with Gasteiger partial charge in [0, 0.05) is 30.9 Å². The molecule has 2 rings (SSSR count). The molecule has 1 aromatic heterocycles. The number of nitrogens with two attached hydrogens (primary N) is 1. The highest BCUT2D eigenvalue weighted by Gasteiger charge is 2.17. The molecule has 6 heteroatoms. The first kappa shape index (κ1) is 15.3. The van der Waals surface area contributed by atoms with Gasteiger partial charge in [0.1, 0.15) is 11.5 Å². The van der Waals surface area contributed by atoms with Gasteiger partial charge in [0.25, 0.3) is 0 Å². The van der Waals surface area contributed by atoms with Crippen LogP contribution in [-0.2, 0) is 0 Å². The Kier molecular flexibility index (Phi) is 4.47. The van der Waals surface area contributed by atoms with Crippen molar-refractivity contribution in [3.8, 4) is 0 Å². The first-order valence-electron chi connectivity index (χ1n) is 6.44. The number of thioether (sulfide) groups is 1. The molecule has 2 aromatic rings. The molecule has 0 spiro atoms. The maximum absolute atomic E-state index is 12.6. The van der Waals surface area contributed by atoms with Gasteiger partial charge in [-0.2, -0.15) is 0 Å². The van der Waals surface area contributed by atoms with E-state index < -0.39 is 0 Å². The Bertz CT molecular complexity index is 668. The molecule has 110 valence electrons. The molecule has 0 saturated heterocycles. The number of hydrogen-bond acceptors (Lipinski definition) is 6. The molecule has 21 heavy (non-hydrogen) atoms. The van der Waals surface area contributed by atoms with E-state index in [0.717, 1.165) is 5.69 Å². The van der Waals surface area contributed by atoms with Gasteiger partial charge in [-0.3, -0.25) is 4.79 Å². The van der Waals surface area contributed by atoms with Gasteiger partial charge < -0.3 is 10.6 Å². The van der Waals surface area contributed by atoms with E-state index in [2.05, 4.69) is 9.97 Å². The number of anilines is 2. The van der Waals surface area contributed by atoms with Crippen LogP contribution in [0.2, 0.25) is 0 Å². The minimum Gasteiger partial charge on any atom is -0.383 e. The molecule has 0 aliphatic carbocycles. The first-order valence-corrected chi connectivity index (χ1v) is 7.66. The van der Waals surface area contributed by atoms with Crippen LogP contribution in [0.1, 0.15) is 21.6 Å². The Morgan fingerprint density at radius 2 is 1.81 bits per heavy atom. The zero-order chi connectivity index (χ0) is 15.6. The molecule has 0 bridgehead atoms. The normalized spacial score (nSPS) is 10.5. The number of nitrogens with zero attached hydrogens (tertiary/aromatic N) is 3. The van der Waals surface area contributed by atoms with Crippen molar-refractivity contribution in [3.63, 3.8) is 0 Å². The highest BCUT2D eigenvalue weighted by molar-refractivity contribution is 7.98. The van der Waals surface area contributed by atoms with Gasteiger partial charge in [0.2, 0.25) is 5.78 Å². The smallest absolute Gasteiger partial charge is 0.211 e. The highest BCUT2D eigenvalue weighted by Crippen LogP contribution is 2.21. The molecule has 0 atom stereocenters. The maximum Gasteiger partial charge on any atom is 0.211 e. The van der Waals surface area contributed by atoms with Gasteiger partial charge in [-0.15, -0.1) is 0 Å². The van der Waals surface area contributed by atoms with Crippen molar-refractivity contribution in [2.24, 2.45) is 0 Å². The minimum atomic E-state index is -0.137. The Morgan fingerprint density at radius 1 is 1.19 bits per heavy atom. The van der Waals surface area contributed by atoms with Gasteiger partial charge in [0.15, 0.2) is 5.16 Å². The summed E-state index contributed by atoms with van der Waals surface area (Å²) >= 11 is 1.36. The summed E-state index contributed by atoms with van der Waals surface area (Å²) < 4.78 is 0. The molecular weight excluding hydrogens is 284 g/mol. The van der Waals surface area contributed by atoms with E-state index in [0.29, 0.717) is 27.8 Å². The summed E-state index contributed by atoms with van der Waals surface area (Å²) in [5.74, 6) is 0.213. The Labute approximate surface area is 128 Å². The van der Waals surface area contributed by atoms with Gasteiger partial charge in [-0.05, 0) is 37.4 Å². The summed E-state index contributed by atoms with van der Waals surface area (Å²) in [6.45, 7) is 1.76. The lowest BCUT2D eigenvalue weighted by atomic mass is 10.0. The lowest BCUT2D eigenvalue weighted by Crippen LogP contribution is -2.12. The Balaban J connectivity index is 2.42. The van der Waals surface area contributed by atoms with Crippen LogP contribution in [0, 0.1) is 6.92 Å². The fourth-order valence-corrected chi connectivity index (χ4v) is 2.24. The van der Waals surface area contributed by atoms with Crippen LogP contribution >= 0.6 is 11.8 Å². The standard InChI is InChI=1S/C15H18N4OS/c1-9-12(17-15(21-4)18-14(9)16)13(20)10-5-7-11(8-6-10)19(2)3/h5-8H,1-4H3,(H2,16,17,18). The summed E-state index contributed by atoms with van der Waals surface area (Å²) in [6, 6.07) is 7.41. The zero-order valence-corrected chi connectivity index (χ0v) is 13.4. The predicted molar refractivity (Wildman–Crippen MR) is 87.2 cm³/mol. The summed E-state index contributed by atoms with van der Waals surface area (Å²) in [4.78, 5) is 23.0. The van der Waals surface area contributed by atoms with E-state index in [9.17, 15) is 4.79 Å². The first-order chi connectivity index (χ1) is 9.93. The van der Waals surface area contributed by atoms with E-state index in [-0.39, 0.29) is 5.78 Å². The number of benzene rings is 1. The minimum absolute atomic E-state index is 0.137. The van der Waals surface area contributed by atoms with Crippen LogP contribution in [0.4, 0.5) is 11.5 Å². The predicted octanol–water partition coefficient (Wildman–Crippen LogP) is 2.39. The average molecular weight is 302 g/mol. The second kappa shape index (κ2) is 6.13. The second-order valence-electron chi connectivity index (χ2n) is 4.84. The molecule has 0 amide bonds. The number of hydrogen-bond donors (Lipinski definition) is 1. The fourth-order valence-electron chi connectivity index (χ4n) is 1.87. The van der Waals surface area contributed by atoms with Gasteiger partial charge in [0.05, 0.1) is 0 Å². The molecule has 1 aromatic carbocycles. The zero-order valence-electron chi connectivity index (χ0n) is 12.5. The topological polar surface area (TPSA) is 72.1 Å². The lowest BCUT2D eigenvalue weighted by Gasteiger charge is -2.13. The molecule has 1 heterocycles. The van der Waals surface area contributed by atoms with Crippen molar-refractivity contribution in [2.45, 2.75) is 12.1 Å². The average Bonchev–Trinajstić information content (AvgIpc) is 2.49. The van der Waals surface area contributed by atoms with Crippen molar-refractivity contribution >= 4 is 29.1 Å². The van der Waals surface area contributed by atoms with Crippen LogP contribution in [0.3, 0.4) is 0 Å². The molecule has 0 fully saturated rings. The van der Waals surface area contributed by atoms with Crippen molar-refractivity contribution < 1.29 is 4.79 Å². The van der Waals surface area contributed by atoms with E-state index in [1.807, 2.05) is 37.4 Å². The van der Waals surface area contributed by atoms with Crippen LogP contribution in [0.15, 0.2) is 29.4 Å². The van der Waals surface area contributed by atoms with Crippen molar-refractivity contribution in [3.05, 3.63) is 41.1 Å². The number of carbonyl (C=O) groups excluding carboxylic acids is 1. The van der Waals surface area contributed by atoms with Crippen molar-refractivity contribution in [1.29, 1.82) is 0 Å². The highest BCUT2D eigenvalue weighted by atomic mass is 32.2.